The minimum absolute atomic E-state index is 0. The molecule has 0 aliphatic heterocycles. The molecular formula is C12H14KNO3. The van der Waals surface area contributed by atoms with Crippen molar-refractivity contribution < 1.29 is 66.1 Å². The molecule has 5 heteroatoms. The number of carbonyl (C=O) groups excluding carboxylic acids is 2. The van der Waals surface area contributed by atoms with Crippen LogP contribution < -0.4 is 56.5 Å². The van der Waals surface area contributed by atoms with Gasteiger partial charge in [0.15, 0.2) is 0 Å². The Hall–Kier alpha value is -0.204. The van der Waals surface area contributed by atoms with Gasteiger partial charge in [-0.25, -0.2) is 0 Å². The Bertz CT molecular complexity index is 389. The number of benzene rings is 1. The second kappa shape index (κ2) is 8.00. The molecule has 1 amide bonds. The Kier molecular flexibility index (Phi) is 7.90. The predicted molar refractivity (Wildman–Crippen MR) is 57.8 cm³/mol. The first-order chi connectivity index (χ1) is 7.50. The topological polar surface area (TPSA) is 60.4 Å². The maximum atomic E-state index is 11.8. The molecule has 0 aliphatic carbocycles. The third kappa shape index (κ3) is 5.79. The van der Waals surface area contributed by atoms with Crippen molar-refractivity contribution in [2.75, 3.05) is 13.6 Å². The van der Waals surface area contributed by atoms with Gasteiger partial charge in [-0.3, -0.25) is 4.79 Å². The van der Waals surface area contributed by atoms with Gasteiger partial charge in [0.2, 0.25) is 0 Å². The minimum atomic E-state index is -1.15. The molecule has 0 bridgehead atoms. The van der Waals surface area contributed by atoms with Crippen LogP contribution in [0, 0.1) is 6.92 Å². The Labute approximate surface area is 143 Å². The van der Waals surface area contributed by atoms with Crippen molar-refractivity contribution in [2.24, 2.45) is 0 Å². The van der Waals surface area contributed by atoms with Crippen LogP contribution >= 0.6 is 0 Å². The van der Waals surface area contributed by atoms with E-state index < -0.39 is 5.97 Å². The van der Waals surface area contributed by atoms with Gasteiger partial charge in [-0.15, -0.1) is 0 Å². The third-order valence-electron chi connectivity index (χ3n) is 2.30. The quantitative estimate of drug-likeness (QED) is 0.549. The number of carboxylic acids is 1. The summed E-state index contributed by atoms with van der Waals surface area (Å²) in [5, 5.41) is 10.3. The van der Waals surface area contributed by atoms with Crippen molar-refractivity contribution in [1.29, 1.82) is 0 Å². The van der Waals surface area contributed by atoms with Crippen molar-refractivity contribution in [2.45, 2.75) is 13.3 Å². The molecule has 0 spiro atoms. The fraction of sp³-hybridized carbons (Fsp3) is 0.333. The zero-order chi connectivity index (χ0) is 12.1. The van der Waals surface area contributed by atoms with E-state index in [9.17, 15) is 14.7 Å². The molecule has 0 radical (unpaired) electrons. The number of aliphatic carboxylic acids is 1. The summed E-state index contributed by atoms with van der Waals surface area (Å²) >= 11 is 0. The Morgan fingerprint density at radius 3 is 2.24 bits per heavy atom. The standard InChI is InChI=1S/C12H15NO3.K/c1-9-3-5-10(6-4-9)12(16)13(2)8-7-11(14)15;/h3-6H,7-8H2,1-2H3,(H,14,15);/q;+1/p-1. The van der Waals surface area contributed by atoms with Gasteiger partial charge in [0.05, 0.1) is 0 Å². The molecule has 0 fully saturated rings. The molecule has 4 nitrogen and oxygen atoms in total. The van der Waals surface area contributed by atoms with E-state index in [2.05, 4.69) is 0 Å². The zero-order valence-electron chi connectivity index (χ0n) is 10.4. The second-order valence-corrected chi connectivity index (χ2v) is 3.71. The Morgan fingerprint density at radius 2 is 1.76 bits per heavy atom. The van der Waals surface area contributed by atoms with Gasteiger partial charge in [0.25, 0.3) is 5.91 Å². The molecule has 17 heavy (non-hydrogen) atoms. The number of carbonyl (C=O) groups is 2. The maximum absolute atomic E-state index is 11.8. The average molecular weight is 259 g/mol. The number of rotatable bonds is 4. The second-order valence-electron chi connectivity index (χ2n) is 3.71. The van der Waals surface area contributed by atoms with Crippen LogP contribution in [0.1, 0.15) is 22.3 Å². The van der Waals surface area contributed by atoms with E-state index in [1.54, 1.807) is 19.2 Å². The van der Waals surface area contributed by atoms with Crippen LogP contribution in [0.2, 0.25) is 0 Å². The summed E-state index contributed by atoms with van der Waals surface area (Å²) in [7, 11) is 1.57. The summed E-state index contributed by atoms with van der Waals surface area (Å²) in [6.07, 6.45) is -0.145. The number of hydrogen-bond donors (Lipinski definition) is 0. The van der Waals surface area contributed by atoms with Gasteiger partial charge in [-0.2, -0.15) is 0 Å². The van der Waals surface area contributed by atoms with Crippen molar-refractivity contribution in [3.63, 3.8) is 0 Å². The summed E-state index contributed by atoms with van der Waals surface area (Å²) in [5.74, 6) is -1.33. The molecule has 0 aliphatic rings. The van der Waals surface area contributed by atoms with E-state index in [1.165, 1.54) is 4.90 Å². The SMILES string of the molecule is Cc1ccc(C(=O)N(C)CCC(=O)[O-])cc1.[K+]. The van der Waals surface area contributed by atoms with E-state index >= 15 is 0 Å². The largest absolute Gasteiger partial charge is 1.00 e. The first-order valence-corrected chi connectivity index (χ1v) is 5.02. The van der Waals surface area contributed by atoms with Crippen LogP contribution in [-0.2, 0) is 4.79 Å². The van der Waals surface area contributed by atoms with Crippen molar-refractivity contribution in [3.8, 4) is 0 Å². The van der Waals surface area contributed by atoms with Crippen molar-refractivity contribution in [3.05, 3.63) is 35.4 Å². The van der Waals surface area contributed by atoms with E-state index in [0.717, 1.165) is 5.56 Å². The van der Waals surface area contributed by atoms with Gasteiger partial charge in [-0.05, 0) is 19.1 Å². The fourth-order valence-corrected chi connectivity index (χ4v) is 1.28. The van der Waals surface area contributed by atoms with Crippen LogP contribution in [0.15, 0.2) is 24.3 Å². The predicted octanol–water partition coefficient (Wildman–Crippen LogP) is -2.79. The fourth-order valence-electron chi connectivity index (χ4n) is 1.28. The van der Waals surface area contributed by atoms with E-state index in [1.807, 2.05) is 19.1 Å². The van der Waals surface area contributed by atoms with E-state index in [4.69, 9.17) is 0 Å². The maximum Gasteiger partial charge on any atom is 1.00 e. The van der Waals surface area contributed by atoms with Crippen LogP contribution in [0.5, 0.6) is 0 Å². The zero-order valence-corrected chi connectivity index (χ0v) is 13.5. The van der Waals surface area contributed by atoms with Gasteiger partial charge in [0.1, 0.15) is 0 Å². The molecule has 0 unspecified atom stereocenters. The summed E-state index contributed by atoms with van der Waals surface area (Å²) in [6, 6.07) is 7.15. The molecule has 1 aromatic rings. The number of aryl methyl sites for hydroxylation is 1. The third-order valence-corrected chi connectivity index (χ3v) is 2.30. The van der Waals surface area contributed by atoms with Gasteiger partial charge in [0, 0.05) is 31.5 Å². The summed E-state index contributed by atoms with van der Waals surface area (Å²) < 4.78 is 0. The molecule has 0 heterocycles. The molecular weight excluding hydrogens is 245 g/mol. The number of nitrogens with zero attached hydrogens (tertiary/aromatic N) is 1. The van der Waals surface area contributed by atoms with Gasteiger partial charge >= 0.3 is 51.4 Å². The number of carboxylic acid groups (broad SMARTS) is 1. The van der Waals surface area contributed by atoms with Gasteiger partial charge in [-0.1, -0.05) is 17.7 Å². The molecule has 0 saturated carbocycles. The molecule has 0 saturated heterocycles. The monoisotopic (exact) mass is 259 g/mol. The van der Waals surface area contributed by atoms with Crippen LogP contribution in [0.4, 0.5) is 0 Å². The molecule has 0 aromatic heterocycles. The summed E-state index contributed by atoms with van der Waals surface area (Å²) in [4.78, 5) is 23.4. The van der Waals surface area contributed by atoms with Crippen molar-refractivity contribution in [1.82, 2.24) is 4.90 Å². The van der Waals surface area contributed by atoms with Crippen LogP contribution in [0.25, 0.3) is 0 Å². The normalized spacial score (nSPS) is 9.29. The molecule has 1 aromatic carbocycles. The number of hydrogen-bond acceptors (Lipinski definition) is 3. The van der Waals surface area contributed by atoms with Crippen LogP contribution in [-0.4, -0.2) is 30.4 Å². The van der Waals surface area contributed by atoms with Crippen LogP contribution in [0.3, 0.4) is 0 Å². The van der Waals surface area contributed by atoms with Crippen molar-refractivity contribution >= 4 is 11.9 Å². The molecule has 86 valence electrons. The smallest absolute Gasteiger partial charge is 0.550 e. The van der Waals surface area contributed by atoms with E-state index in [0.29, 0.717) is 5.56 Å². The Balaban J connectivity index is 0.00000256. The molecule has 0 N–H and O–H groups in total. The average Bonchev–Trinajstić information content (AvgIpc) is 2.26. The summed E-state index contributed by atoms with van der Waals surface area (Å²) in [6.45, 7) is 2.10. The summed E-state index contributed by atoms with van der Waals surface area (Å²) in [5.41, 5.74) is 1.64. The number of amides is 1. The van der Waals surface area contributed by atoms with Gasteiger partial charge < -0.3 is 14.8 Å². The molecule has 1 rings (SSSR count). The molecule has 0 atom stereocenters. The minimum Gasteiger partial charge on any atom is -0.550 e. The van der Waals surface area contributed by atoms with E-state index in [-0.39, 0.29) is 70.3 Å². The Morgan fingerprint density at radius 1 is 1.24 bits per heavy atom. The first kappa shape index (κ1) is 16.8. The first-order valence-electron chi connectivity index (χ1n) is 5.02.